The first-order chi connectivity index (χ1) is 14.1. The number of hydrogen-bond donors (Lipinski definition) is 2. The number of carbonyl (C=O) groups is 1. The molecule has 0 fully saturated rings. The van der Waals surface area contributed by atoms with E-state index in [-0.39, 0.29) is 17.5 Å². The highest BCUT2D eigenvalue weighted by Crippen LogP contribution is 2.23. The van der Waals surface area contributed by atoms with Crippen LogP contribution < -0.4 is 5.32 Å². The van der Waals surface area contributed by atoms with Crippen molar-refractivity contribution in [2.45, 2.75) is 12.1 Å². The van der Waals surface area contributed by atoms with Gasteiger partial charge in [0.15, 0.2) is 5.82 Å². The molecule has 0 aliphatic rings. The number of rotatable bonds is 6. The number of aryl methyl sites for hydroxylation is 1. The number of nitrogens with one attached hydrogen (secondary N) is 2. The summed E-state index contributed by atoms with van der Waals surface area (Å²) in [6.45, 7) is 2.00. The quantitative estimate of drug-likeness (QED) is 0.461. The van der Waals surface area contributed by atoms with Crippen LogP contribution in [0.5, 0.6) is 0 Å². The fraction of sp³-hybridized carbons (Fsp3) is 0.100. The SMILES string of the molecule is Cc1ccc(-c2cc(NC(=O)CSc3n[nH]c(-c4ccccc4F)n3)on2)cc1. The van der Waals surface area contributed by atoms with E-state index in [1.807, 2.05) is 31.2 Å². The molecule has 2 aromatic heterocycles. The van der Waals surface area contributed by atoms with Crippen LogP contribution in [0.15, 0.2) is 64.3 Å². The van der Waals surface area contributed by atoms with Gasteiger partial charge in [-0.15, -0.1) is 5.10 Å². The lowest BCUT2D eigenvalue weighted by molar-refractivity contribution is -0.113. The molecule has 7 nitrogen and oxygen atoms in total. The Morgan fingerprint density at radius 1 is 1.21 bits per heavy atom. The smallest absolute Gasteiger partial charge is 0.237 e. The normalized spacial score (nSPS) is 10.8. The Balaban J connectivity index is 1.34. The minimum atomic E-state index is -0.396. The fourth-order valence-electron chi connectivity index (χ4n) is 2.58. The number of nitrogens with zero attached hydrogens (tertiary/aromatic N) is 3. The zero-order valence-corrected chi connectivity index (χ0v) is 16.2. The van der Waals surface area contributed by atoms with Gasteiger partial charge in [0.1, 0.15) is 11.5 Å². The van der Waals surface area contributed by atoms with Gasteiger partial charge in [0.2, 0.25) is 16.9 Å². The summed E-state index contributed by atoms with van der Waals surface area (Å²) >= 11 is 1.12. The Hall–Kier alpha value is -3.46. The molecule has 0 unspecified atom stereocenters. The Labute approximate surface area is 169 Å². The van der Waals surface area contributed by atoms with Crippen molar-refractivity contribution in [2.24, 2.45) is 0 Å². The molecule has 2 heterocycles. The summed E-state index contributed by atoms with van der Waals surface area (Å²) in [6.07, 6.45) is 0. The number of aromatic amines is 1. The van der Waals surface area contributed by atoms with E-state index in [2.05, 4.69) is 25.7 Å². The predicted octanol–water partition coefficient (Wildman–Crippen LogP) is 4.31. The number of H-pyrrole nitrogens is 1. The maximum absolute atomic E-state index is 13.8. The third-order valence-electron chi connectivity index (χ3n) is 4.05. The van der Waals surface area contributed by atoms with Gasteiger partial charge in [-0.1, -0.05) is 58.9 Å². The second kappa shape index (κ2) is 8.27. The fourth-order valence-corrected chi connectivity index (χ4v) is 3.18. The maximum Gasteiger partial charge on any atom is 0.237 e. The van der Waals surface area contributed by atoms with Crippen LogP contribution in [-0.4, -0.2) is 32.0 Å². The molecular formula is C20H16FN5O2S. The van der Waals surface area contributed by atoms with Crippen LogP contribution in [0.4, 0.5) is 10.3 Å². The van der Waals surface area contributed by atoms with Gasteiger partial charge >= 0.3 is 0 Å². The van der Waals surface area contributed by atoms with Crippen molar-refractivity contribution < 1.29 is 13.7 Å². The average Bonchev–Trinajstić information content (AvgIpc) is 3.37. The minimum Gasteiger partial charge on any atom is -0.338 e. The molecule has 2 aromatic carbocycles. The molecule has 0 spiro atoms. The lowest BCUT2D eigenvalue weighted by Crippen LogP contribution is -2.13. The van der Waals surface area contributed by atoms with Crippen molar-refractivity contribution in [3.8, 4) is 22.6 Å². The van der Waals surface area contributed by atoms with E-state index in [1.54, 1.807) is 24.3 Å². The summed E-state index contributed by atoms with van der Waals surface area (Å²) in [5, 5.41) is 13.6. The molecular weight excluding hydrogens is 393 g/mol. The van der Waals surface area contributed by atoms with Crippen LogP contribution in [0.1, 0.15) is 5.56 Å². The molecule has 146 valence electrons. The summed E-state index contributed by atoms with van der Waals surface area (Å²) in [4.78, 5) is 16.4. The molecule has 1 amide bonds. The molecule has 0 aliphatic heterocycles. The van der Waals surface area contributed by atoms with E-state index in [1.165, 1.54) is 6.07 Å². The lowest BCUT2D eigenvalue weighted by atomic mass is 10.1. The first-order valence-electron chi connectivity index (χ1n) is 8.72. The van der Waals surface area contributed by atoms with E-state index in [4.69, 9.17) is 4.52 Å². The van der Waals surface area contributed by atoms with E-state index in [0.717, 1.165) is 22.9 Å². The average molecular weight is 409 g/mol. The summed E-state index contributed by atoms with van der Waals surface area (Å²) in [5.74, 6) is -0.0570. The van der Waals surface area contributed by atoms with Crippen molar-refractivity contribution in [3.05, 3.63) is 66.0 Å². The van der Waals surface area contributed by atoms with Crippen molar-refractivity contribution >= 4 is 23.6 Å². The molecule has 4 aromatic rings. The number of carbonyl (C=O) groups excluding carboxylic acids is 1. The van der Waals surface area contributed by atoms with Crippen LogP contribution in [0.2, 0.25) is 0 Å². The zero-order valence-electron chi connectivity index (χ0n) is 15.3. The van der Waals surface area contributed by atoms with Crippen LogP contribution in [0, 0.1) is 12.7 Å². The standard InChI is InChI=1S/C20H16FN5O2S/c1-12-6-8-13(9-7-12)16-10-18(28-26-16)22-17(27)11-29-20-23-19(24-25-20)14-4-2-3-5-15(14)21/h2-10H,11H2,1H3,(H,22,27)(H,23,24,25). The third-order valence-corrected chi connectivity index (χ3v) is 4.89. The molecule has 4 rings (SSSR count). The van der Waals surface area contributed by atoms with Crippen LogP contribution in [0.25, 0.3) is 22.6 Å². The zero-order chi connectivity index (χ0) is 20.2. The number of anilines is 1. The van der Waals surface area contributed by atoms with Gasteiger partial charge in [-0.2, -0.15) is 0 Å². The van der Waals surface area contributed by atoms with Gasteiger partial charge in [0.05, 0.1) is 11.3 Å². The topological polar surface area (TPSA) is 96.7 Å². The number of amides is 1. The molecule has 0 radical (unpaired) electrons. The second-order valence-electron chi connectivity index (χ2n) is 6.23. The Morgan fingerprint density at radius 3 is 2.79 bits per heavy atom. The van der Waals surface area contributed by atoms with E-state index in [9.17, 15) is 9.18 Å². The van der Waals surface area contributed by atoms with E-state index < -0.39 is 5.82 Å². The number of halogens is 1. The first-order valence-corrected chi connectivity index (χ1v) is 9.71. The monoisotopic (exact) mass is 409 g/mol. The maximum atomic E-state index is 13.8. The Bertz CT molecular complexity index is 1140. The van der Waals surface area contributed by atoms with Gasteiger partial charge in [0.25, 0.3) is 0 Å². The number of hydrogen-bond acceptors (Lipinski definition) is 6. The van der Waals surface area contributed by atoms with E-state index in [0.29, 0.717) is 22.2 Å². The van der Waals surface area contributed by atoms with Gasteiger partial charge in [-0.3, -0.25) is 15.2 Å². The van der Waals surface area contributed by atoms with Crippen molar-refractivity contribution in [1.82, 2.24) is 20.3 Å². The van der Waals surface area contributed by atoms with Crippen molar-refractivity contribution in [2.75, 3.05) is 11.1 Å². The highest BCUT2D eigenvalue weighted by molar-refractivity contribution is 7.99. The van der Waals surface area contributed by atoms with Crippen molar-refractivity contribution in [1.29, 1.82) is 0 Å². The summed E-state index contributed by atoms with van der Waals surface area (Å²) in [5.41, 5.74) is 3.00. The van der Waals surface area contributed by atoms with Gasteiger partial charge < -0.3 is 4.52 Å². The predicted molar refractivity (Wildman–Crippen MR) is 108 cm³/mol. The Kier molecular flexibility index (Phi) is 5.39. The molecule has 9 heteroatoms. The largest absolute Gasteiger partial charge is 0.338 e. The summed E-state index contributed by atoms with van der Waals surface area (Å²) in [6, 6.07) is 15.8. The van der Waals surface area contributed by atoms with Gasteiger partial charge in [-0.05, 0) is 19.1 Å². The molecule has 2 N–H and O–H groups in total. The van der Waals surface area contributed by atoms with Crippen LogP contribution >= 0.6 is 11.8 Å². The molecule has 0 saturated heterocycles. The van der Waals surface area contributed by atoms with Crippen molar-refractivity contribution in [3.63, 3.8) is 0 Å². The van der Waals surface area contributed by atoms with Gasteiger partial charge in [0, 0.05) is 11.6 Å². The molecule has 0 atom stereocenters. The number of benzene rings is 2. The van der Waals surface area contributed by atoms with E-state index >= 15 is 0 Å². The molecule has 0 saturated carbocycles. The van der Waals surface area contributed by atoms with Gasteiger partial charge in [-0.25, -0.2) is 9.37 Å². The first kappa shape index (κ1) is 18.9. The number of thioether (sulfide) groups is 1. The lowest BCUT2D eigenvalue weighted by Gasteiger charge is -1.98. The summed E-state index contributed by atoms with van der Waals surface area (Å²) < 4.78 is 19.0. The van der Waals surface area contributed by atoms with Crippen LogP contribution in [0.3, 0.4) is 0 Å². The highest BCUT2D eigenvalue weighted by Gasteiger charge is 2.13. The number of aromatic nitrogens is 4. The summed E-state index contributed by atoms with van der Waals surface area (Å²) in [7, 11) is 0. The van der Waals surface area contributed by atoms with Crippen LogP contribution in [-0.2, 0) is 4.79 Å². The highest BCUT2D eigenvalue weighted by atomic mass is 32.2. The Morgan fingerprint density at radius 2 is 2.00 bits per heavy atom. The second-order valence-corrected chi connectivity index (χ2v) is 7.17. The molecule has 29 heavy (non-hydrogen) atoms. The third kappa shape index (κ3) is 4.52. The minimum absolute atomic E-state index is 0.0646. The molecule has 0 bridgehead atoms. The molecule has 0 aliphatic carbocycles.